The van der Waals surface area contributed by atoms with Crippen LogP contribution in [0.2, 0.25) is 0 Å². The molecule has 1 amide bonds. The van der Waals surface area contributed by atoms with Gasteiger partial charge in [0, 0.05) is 11.1 Å². The molecular formula is C21H19NO3. The lowest BCUT2D eigenvalue weighted by Gasteiger charge is -2.10. The molecular weight excluding hydrogens is 314 g/mol. The van der Waals surface area contributed by atoms with Gasteiger partial charge in [-0.3, -0.25) is 4.79 Å². The summed E-state index contributed by atoms with van der Waals surface area (Å²) in [5.41, 5.74) is 3.35. The van der Waals surface area contributed by atoms with Gasteiger partial charge in [-0.2, -0.15) is 0 Å². The molecule has 0 bridgehead atoms. The predicted octanol–water partition coefficient (Wildman–Crippen LogP) is 4.39. The van der Waals surface area contributed by atoms with Crippen molar-refractivity contribution in [1.82, 2.24) is 0 Å². The Labute approximate surface area is 145 Å². The molecule has 0 saturated carbocycles. The quantitative estimate of drug-likeness (QED) is 0.569. The molecule has 3 rings (SSSR count). The van der Waals surface area contributed by atoms with Crippen molar-refractivity contribution in [2.45, 2.75) is 20.3 Å². The molecule has 1 N–H and O–H groups in total. The fourth-order valence-electron chi connectivity index (χ4n) is 2.74. The first kappa shape index (κ1) is 16.7. The number of benzene rings is 2. The van der Waals surface area contributed by atoms with Crippen molar-refractivity contribution >= 4 is 22.6 Å². The van der Waals surface area contributed by atoms with E-state index in [0.29, 0.717) is 23.1 Å². The Hall–Kier alpha value is -3.14. The summed E-state index contributed by atoms with van der Waals surface area (Å²) in [5, 5.41) is 3.51. The van der Waals surface area contributed by atoms with E-state index in [0.717, 1.165) is 16.7 Å². The van der Waals surface area contributed by atoms with Gasteiger partial charge in [-0.1, -0.05) is 36.4 Å². The van der Waals surface area contributed by atoms with Crippen molar-refractivity contribution in [3.05, 3.63) is 87.8 Å². The Morgan fingerprint density at radius 1 is 1.20 bits per heavy atom. The van der Waals surface area contributed by atoms with E-state index in [-0.39, 0.29) is 5.56 Å². The normalized spacial score (nSPS) is 10.6. The van der Waals surface area contributed by atoms with E-state index in [1.807, 2.05) is 50.2 Å². The maximum Gasteiger partial charge on any atom is 0.349 e. The smallest absolute Gasteiger partial charge is 0.349 e. The van der Waals surface area contributed by atoms with Gasteiger partial charge in [0.1, 0.15) is 11.1 Å². The third-order valence-electron chi connectivity index (χ3n) is 4.09. The van der Waals surface area contributed by atoms with Crippen molar-refractivity contribution < 1.29 is 9.21 Å². The molecule has 126 valence electrons. The summed E-state index contributed by atoms with van der Waals surface area (Å²) in [5.74, 6) is -0.474. The SMILES string of the molecule is C=CCc1cccc2cc(C(=O)Nc3cc(C)ccc3C)c(=O)oc12. The second-order valence-electron chi connectivity index (χ2n) is 6.05. The van der Waals surface area contributed by atoms with E-state index in [1.165, 1.54) is 0 Å². The highest BCUT2D eigenvalue weighted by Crippen LogP contribution is 2.21. The fraction of sp³-hybridized carbons (Fsp3) is 0.143. The molecule has 1 heterocycles. The van der Waals surface area contributed by atoms with E-state index < -0.39 is 11.5 Å². The van der Waals surface area contributed by atoms with Crippen LogP contribution >= 0.6 is 0 Å². The topological polar surface area (TPSA) is 59.3 Å². The molecule has 0 aliphatic heterocycles. The Morgan fingerprint density at radius 2 is 2.00 bits per heavy atom. The zero-order valence-electron chi connectivity index (χ0n) is 14.3. The maximum atomic E-state index is 12.6. The zero-order valence-corrected chi connectivity index (χ0v) is 14.3. The molecule has 2 aromatic carbocycles. The first-order valence-corrected chi connectivity index (χ1v) is 8.05. The van der Waals surface area contributed by atoms with Crippen LogP contribution in [0, 0.1) is 13.8 Å². The lowest BCUT2D eigenvalue weighted by Crippen LogP contribution is -2.21. The second kappa shape index (κ2) is 6.77. The van der Waals surface area contributed by atoms with Gasteiger partial charge in [0.2, 0.25) is 0 Å². The van der Waals surface area contributed by atoms with Crippen LogP contribution in [0.3, 0.4) is 0 Å². The Bertz CT molecular complexity index is 1030. The number of nitrogens with one attached hydrogen (secondary N) is 1. The summed E-state index contributed by atoms with van der Waals surface area (Å²) < 4.78 is 5.43. The van der Waals surface area contributed by atoms with Crippen LogP contribution in [0.5, 0.6) is 0 Å². The van der Waals surface area contributed by atoms with Gasteiger partial charge < -0.3 is 9.73 Å². The molecule has 4 heteroatoms. The number of carbonyl (C=O) groups is 1. The minimum atomic E-state index is -0.646. The lowest BCUT2D eigenvalue weighted by atomic mass is 10.1. The fourth-order valence-corrected chi connectivity index (χ4v) is 2.74. The minimum absolute atomic E-state index is 0.0100. The molecule has 0 radical (unpaired) electrons. The second-order valence-corrected chi connectivity index (χ2v) is 6.05. The molecule has 0 unspecified atom stereocenters. The van der Waals surface area contributed by atoms with E-state index >= 15 is 0 Å². The van der Waals surface area contributed by atoms with Crippen LogP contribution in [-0.4, -0.2) is 5.91 Å². The first-order chi connectivity index (χ1) is 12.0. The summed E-state index contributed by atoms with van der Waals surface area (Å²) in [6.45, 7) is 7.56. The van der Waals surface area contributed by atoms with Gasteiger partial charge in [0.15, 0.2) is 0 Å². The van der Waals surface area contributed by atoms with E-state index in [4.69, 9.17) is 4.42 Å². The van der Waals surface area contributed by atoms with E-state index in [1.54, 1.807) is 12.1 Å². The van der Waals surface area contributed by atoms with Crippen LogP contribution in [0.4, 0.5) is 5.69 Å². The molecule has 0 atom stereocenters. The maximum absolute atomic E-state index is 12.6. The molecule has 0 aliphatic rings. The number of hydrogen-bond acceptors (Lipinski definition) is 3. The number of rotatable bonds is 4. The highest BCUT2D eigenvalue weighted by atomic mass is 16.4. The Morgan fingerprint density at radius 3 is 2.76 bits per heavy atom. The Kier molecular flexibility index (Phi) is 4.52. The number of fused-ring (bicyclic) bond motifs is 1. The highest BCUT2D eigenvalue weighted by Gasteiger charge is 2.16. The number of para-hydroxylation sites is 1. The number of aryl methyl sites for hydroxylation is 2. The van der Waals surface area contributed by atoms with Crippen molar-refractivity contribution in [2.24, 2.45) is 0 Å². The van der Waals surface area contributed by atoms with E-state index in [9.17, 15) is 9.59 Å². The van der Waals surface area contributed by atoms with Gasteiger partial charge in [-0.15, -0.1) is 6.58 Å². The van der Waals surface area contributed by atoms with Gasteiger partial charge in [0.05, 0.1) is 0 Å². The van der Waals surface area contributed by atoms with Gasteiger partial charge in [-0.25, -0.2) is 4.79 Å². The molecule has 0 aliphatic carbocycles. The van der Waals surface area contributed by atoms with Gasteiger partial charge in [-0.05, 0) is 49.1 Å². The van der Waals surface area contributed by atoms with Crippen LogP contribution in [0.15, 0.2) is 64.3 Å². The average Bonchev–Trinajstić information content (AvgIpc) is 2.58. The van der Waals surface area contributed by atoms with Crippen LogP contribution in [-0.2, 0) is 6.42 Å². The number of allylic oxidation sites excluding steroid dienone is 1. The van der Waals surface area contributed by atoms with Crippen molar-refractivity contribution in [3.63, 3.8) is 0 Å². The minimum Gasteiger partial charge on any atom is -0.422 e. The standard InChI is InChI=1S/C21H19NO3/c1-4-6-15-7-5-8-16-12-17(21(24)25-19(15)16)20(23)22-18-11-13(2)9-10-14(18)3/h4-5,7-12H,1,6H2,2-3H3,(H,22,23). The molecule has 0 saturated heterocycles. The number of anilines is 1. The summed E-state index contributed by atoms with van der Waals surface area (Å²) in [4.78, 5) is 24.9. The summed E-state index contributed by atoms with van der Waals surface area (Å²) in [6, 6.07) is 12.9. The summed E-state index contributed by atoms with van der Waals surface area (Å²) >= 11 is 0. The zero-order chi connectivity index (χ0) is 18.0. The van der Waals surface area contributed by atoms with Gasteiger partial charge in [0.25, 0.3) is 5.91 Å². The lowest BCUT2D eigenvalue weighted by molar-refractivity contribution is 0.102. The predicted molar refractivity (Wildman–Crippen MR) is 100 cm³/mol. The number of amides is 1. The van der Waals surface area contributed by atoms with Crippen molar-refractivity contribution in [1.29, 1.82) is 0 Å². The molecule has 4 nitrogen and oxygen atoms in total. The van der Waals surface area contributed by atoms with E-state index in [2.05, 4.69) is 11.9 Å². The first-order valence-electron chi connectivity index (χ1n) is 8.05. The average molecular weight is 333 g/mol. The highest BCUT2D eigenvalue weighted by molar-refractivity contribution is 6.05. The molecule has 0 fully saturated rings. The third kappa shape index (κ3) is 3.38. The third-order valence-corrected chi connectivity index (χ3v) is 4.09. The van der Waals surface area contributed by atoms with Gasteiger partial charge >= 0.3 is 5.63 Å². The summed E-state index contributed by atoms with van der Waals surface area (Å²) in [7, 11) is 0. The van der Waals surface area contributed by atoms with Crippen molar-refractivity contribution in [2.75, 3.05) is 5.32 Å². The molecule has 3 aromatic rings. The molecule has 1 aromatic heterocycles. The number of hydrogen-bond donors (Lipinski definition) is 1. The molecule has 25 heavy (non-hydrogen) atoms. The number of carbonyl (C=O) groups excluding carboxylic acids is 1. The summed E-state index contributed by atoms with van der Waals surface area (Å²) in [6.07, 6.45) is 2.34. The van der Waals surface area contributed by atoms with Crippen LogP contribution in [0.25, 0.3) is 11.0 Å². The van der Waals surface area contributed by atoms with Crippen LogP contribution < -0.4 is 10.9 Å². The van der Waals surface area contributed by atoms with Crippen LogP contribution in [0.1, 0.15) is 27.0 Å². The molecule has 0 spiro atoms. The largest absolute Gasteiger partial charge is 0.422 e. The Balaban J connectivity index is 2.02. The monoisotopic (exact) mass is 333 g/mol. The van der Waals surface area contributed by atoms with Crippen molar-refractivity contribution in [3.8, 4) is 0 Å².